The van der Waals surface area contributed by atoms with Crippen molar-refractivity contribution in [3.05, 3.63) is 41.0 Å². The van der Waals surface area contributed by atoms with E-state index in [1.54, 1.807) is 17.0 Å². The third kappa shape index (κ3) is 2.49. The summed E-state index contributed by atoms with van der Waals surface area (Å²) in [5.41, 5.74) is 2.67. The molecule has 1 aromatic carbocycles. The van der Waals surface area contributed by atoms with Gasteiger partial charge in [0.1, 0.15) is 5.75 Å². The molecule has 1 heterocycles. The third-order valence-corrected chi connectivity index (χ3v) is 3.11. The Labute approximate surface area is 101 Å². The van der Waals surface area contributed by atoms with E-state index in [-0.39, 0.29) is 11.7 Å². The molecule has 0 saturated carbocycles. The second-order valence-corrected chi connectivity index (χ2v) is 4.57. The highest BCUT2D eigenvalue weighted by atomic mass is 16.3. The van der Waals surface area contributed by atoms with E-state index in [2.05, 4.69) is 13.0 Å². The van der Waals surface area contributed by atoms with Crippen molar-refractivity contribution in [2.75, 3.05) is 13.1 Å². The van der Waals surface area contributed by atoms with E-state index in [1.165, 1.54) is 5.57 Å². The van der Waals surface area contributed by atoms with E-state index in [9.17, 15) is 9.90 Å². The van der Waals surface area contributed by atoms with Crippen molar-refractivity contribution in [1.82, 2.24) is 4.90 Å². The lowest BCUT2D eigenvalue weighted by atomic mass is 10.1. The molecule has 0 bridgehead atoms. The lowest BCUT2D eigenvalue weighted by molar-refractivity contribution is 0.0766. The summed E-state index contributed by atoms with van der Waals surface area (Å²) in [6.07, 6.45) is 2.98. The highest BCUT2D eigenvalue weighted by Crippen LogP contribution is 2.21. The Morgan fingerprint density at radius 2 is 2.12 bits per heavy atom. The number of amides is 1. The molecule has 0 atom stereocenters. The molecule has 1 amide bonds. The molecule has 2 rings (SSSR count). The van der Waals surface area contributed by atoms with E-state index in [1.807, 2.05) is 13.0 Å². The average Bonchev–Trinajstić information content (AvgIpc) is 2.29. The van der Waals surface area contributed by atoms with Gasteiger partial charge in [-0.05, 0) is 38.0 Å². The second kappa shape index (κ2) is 4.62. The number of nitrogens with zero attached hydrogens (tertiary/aromatic N) is 1. The Balaban J connectivity index is 2.20. The Morgan fingerprint density at radius 1 is 1.35 bits per heavy atom. The van der Waals surface area contributed by atoms with Crippen molar-refractivity contribution >= 4 is 5.91 Å². The largest absolute Gasteiger partial charge is 0.507 e. The van der Waals surface area contributed by atoms with E-state index in [0.29, 0.717) is 12.1 Å². The van der Waals surface area contributed by atoms with Gasteiger partial charge in [-0.1, -0.05) is 17.7 Å². The molecule has 17 heavy (non-hydrogen) atoms. The Hall–Kier alpha value is -1.77. The lowest BCUT2D eigenvalue weighted by Gasteiger charge is -2.25. The molecule has 0 saturated heterocycles. The fourth-order valence-corrected chi connectivity index (χ4v) is 1.95. The van der Waals surface area contributed by atoms with E-state index in [4.69, 9.17) is 0 Å². The summed E-state index contributed by atoms with van der Waals surface area (Å²) >= 11 is 0. The van der Waals surface area contributed by atoms with Gasteiger partial charge in [0, 0.05) is 13.1 Å². The highest BCUT2D eigenvalue weighted by molar-refractivity contribution is 5.97. The molecule has 1 aromatic rings. The van der Waals surface area contributed by atoms with Gasteiger partial charge in [0.15, 0.2) is 0 Å². The quantitative estimate of drug-likeness (QED) is 0.754. The van der Waals surface area contributed by atoms with Gasteiger partial charge in [-0.2, -0.15) is 0 Å². The van der Waals surface area contributed by atoms with Gasteiger partial charge < -0.3 is 10.0 Å². The fraction of sp³-hybridized carbons (Fsp3) is 0.357. The second-order valence-electron chi connectivity index (χ2n) is 4.57. The Kier molecular flexibility index (Phi) is 3.18. The van der Waals surface area contributed by atoms with Gasteiger partial charge in [-0.15, -0.1) is 0 Å². The van der Waals surface area contributed by atoms with Crippen LogP contribution in [0.1, 0.15) is 29.3 Å². The Morgan fingerprint density at radius 3 is 2.71 bits per heavy atom. The van der Waals surface area contributed by atoms with Gasteiger partial charge in [0.05, 0.1) is 5.56 Å². The number of aromatic hydroxyl groups is 1. The molecule has 0 unspecified atom stereocenters. The number of hydrogen-bond acceptors (Lipinski definition) is 2. The number of phenols is 1. The van der Waals surface area contributed by atoms with Gasteiger partial charge in [0.2, 0.25) is 0 Å². The molecular weight excluding hydrogens is 214 g/mol. The maximum Gasteiger partial charge on any atom is 0.257 e. The first-order valence-electron chi connectivity index (χ1n) is 5.82. The van der Waals surface area contributed by atoms with Crippen molar-refractivity contribution in [3.8, 4) is 5.75 Å². The summed E-state index contributed by atoms with van der Waals surface area (Å²) in [7, 11) is 0. The minimum absolute atomic E-state index is 0.0706. The summed E-state index contributed by atoms with van der Waals surface area (Å²) in [4.78, 5) is 13.9. The monoisotopic (exact) mass is 231 g/mol. The number of carbonyl (C=O) groups is 1. The van der Waals surface area contributed by atoms with Crippen LogP contribution in [0.25, 0.3) is 0 Å². The zero-order valence-electron chi connectivity index (χ0n) is 10.2. The van der Waals surface area contributed by atoms with Crippen LogP contribution >= 0.6 is 0 Å². The predicted octanol–water partition coefficient (Wildman–Crippen LogP) is 2.49. The van der Waals surface area contributed by atoms with Gasteiger partial charge >= 0.3 is 0 Å². The molecule has 3 heteroatoms. The fourth-order valence-electron chi connectivity index (χ4n) is 1.95. The number of rotatable bonds is 1. The number of aryl methyl sites for hydroxylation is 1. The van der Waals surface area contributed by atoms with Crippen LogP contribution < -0.4 is 0 Å². The van der Waals surface area contributed by atoms with E-state index in [0.717, 1.165) is 18.5 Å². The first kappa shape index (κ1) is 11.7. The number of carbonyl (C=O) groups excluding carboxylic acids is 1. The van der Waals surface area contributed by atoms with Gasteiger partial charge in [-0.3, -0.25) is 4.79 Å². The third-order valence-electron chi connectivity index (χ3n) is 3.11. The van der Waals surface area contributed by atoms with Crippen molar-refractivity contribution in [3.63, 3.8) is 0 Å². The molecule has 1 N–H and O–H groups in total. The molecule has 0 aliphatic carbocycles. The molecule has 1 aliphatic heterocycles. The van der Waals surface area contributed by atoms with Crippen LogP contribution in [0.15, 0.2) is 29.8 Å². The molecule has 0 radical (unpaired) electrons. The zero-order chi connectivity index (χ0) is 12.4. The molecule has 1 aliphatic rings. The lowest BCUT2D eigenvalue weighted by Crippen LogP contribution is -2.34. The minimum Gasteiger partial charge on any atom is -0.507 e. The van der Waals surface area contributed by atoms with Crippen LogP contribution in [0.2, 0.25) is 0 Å². The summed E-state index contributed by atoms with van der Waals surface area (Å²) in [5.74, 6) is -0.0208. The van der Waals surface area contributed by atoms with Crippen LogP contribution in [-0.2, 0) is 0 Å². The van der Waals surface area contributed by atoms with Crippen molar-refractivity contribution in [2.24, 2.45) is 0 Å². The topological polar surface area (TPSA) is 40.5 Å². The van der Waals surface area contributed by atoms with Crippen molar-refractivity contribution in [2.45, 2.75) is 20.3 Å². The Bertz CT molecular complexity index is 477. The molecule has 90 valence electrons. The molecule has 0 fully saturated rings. The summed E-state index contributed by atoms with van der Waals surface area (Å²) in [6.45, 7) is 5.33. The average molecular weight is 231 g/mol. The first-order valence-corrected chi connectivity index (χ1v) is 5.82. The van der Waals surface area contributed by atoms with Crippen LogP contribution in [-0.4, -0.2) is 29.0 Å². The number of hydrogen-bond donors (Lipinski definition) is 1. The van der Waals surface area contributed by atoms with Crippen molar-refractivity contribution in [1.29, 1.82) is 0 Å². The van der Waals surface area contributed by atoms with Crippen LogP contribution in [0.5, 0.6) is 5.75 Å². The summed E-state index contributed by atoms with van der Waals surface area (Å²) < 4.78 is 0. The standard InChI is InChI=1S/C14H17NO2/c1-10-5-7-15(8-6-10)14(17)12-4-3-11(2)9-13(12)16/h3-5,9,16H,6-8H2,1-2H3. The summed E-state index contributed by atoms with van der Waals surface area (Å²) in [6, 6.07) is 5.16. The molecule has 0 spiro atoms. The summed E-state index contributed by atoms with van der Waals surface area (Å²) in [5, 5.41) is 9.78. The first-order chi connectivity index (χ1) is 8.08. The maximum atomic E-state index is 12.2. The minimum atomic E-state index is -0.0914. The zero-order valence-corrected chi connectivity index (χ0v) is 10.2. The van der Waals surface area contributed by atoms with Crippen LogP contribution in [0.4, 0.5) is 0 Å². The van der Waals surface area contributed by atoms with Crippen LogP contribution in [0, 0.1) is 6.92 Å². The van der Waals surface area contributed by atoms with E-state index < -0.39 is 0 Å². The predicted molar refractivity (Wildman–Crippen MR) is 67.1 cm³/mol. The van der Waals surface area contributed by atoms with Gasteiger partial charge in [0.25, 0.3) is 5.91 Å². The molecule has 0 aromatic heterocycles. The SMILES string of the molecule is CC1=CCN(C(=O)c2ccc(C)cc2O)CC1. The number of phenolic OH excluding ortho intramolecular Hbond substituents is 1. The highest BCUT2D eigenvalue weighted by Gasteiger charge is 2.19. The van der Waals surface area contributed by atoms with E-state index >= 15 is 0 Å². The van der Waals surface area contributed by atoms with Gasteiger partial charge in [-0.25, -0.2) is 0 Å². The van der Waals surface area contributed by atoms with Crippen LogP contribution in [0.3, 0.4) is 0 Å². The molecule has 3 nitrogen and oxygen atoms in total. The smallest absolute Gasteiger partial charge is 0.257 e. The number of benzene rings is 1. The normalized spacial score (nSPS) is 15.6. The maximum absolute atomic E-state index is 12.2. The van der Waals surface area contributed by atoms with Crippen molar-refractivity contribution < 1.29 is 9.90 Å². The molecular formula is C14H17NO2.